The Morgan fingerprint density at radius 1 is 0.512 bits per heavy atom. The molecule has 0 saturated heterocycles. The summed E-state index contributed by atoms with van der Waals surface area (Å²) in [5.41, 5.74) is 9.28. The molecule has 0 atom stereocenters. The van der Waals surface area contributed by atoms with Gasteiger partial charge < -0.3 is 8.98 Å². The molecular weight excluding hydrogens is 506 g/mol. The maximum Gasteiger partial charge on any atom is 0.248 e. The summed E-state index contributed by atoms with van der Waals surface area (Å²) in [6, 6.07) is 43.4. The zero-order chi connectivity index (χ0) is 26.9. The van der Waals surface area contributed by atoms with E-state index in [0.717, 1.165) is 39.8 Å². The van der Waals surface area contributed by atoms with Crippen molar-refractivity contribution >= 4 is 50.2 Å². The number of anilines is 3. The number of pyridine rings is 2. The van der Waals surface area contributed by atoms with Crippen molar-refractivity contribution in [2.24, 2.45) is 0 Å². The van der Waals surface area contributed by atoms with E-state index in [-0.39, 0.29) is 0 Å². The molecule has 0 radical (unpaired) electrons. The predicted octanol–water partition coefficient (Wildman–Crippen LogP) is 8.83. The predicted molar refractivity (Wildman–Crippen MR) is 163 cm³/mol. The lowest BCUT2D eigenvalue weighted by atomic mass is 10.1. The number of hydrogen-bond acceptors (Lipinski definition) is 5. The molecule has 0 unspecified atom stereocenters. The molecule has 0 N–H and O–H groups in total. The van der Waals surface area contributed by atoms with Gasteiger partial charge in [0.1, 0.15) is 11.3 Å². The van der Waals surface area contributed by atoms with Crippen LogP contribution in [0.2, 0.25) is 0 Å². The highest BCUT2D eigenvalue weighted by Gasteiger charge is 2.28. The maximum absolute atomic E-state index is 6.05. The molecule has 8 aromatic rings. The minimum absolute atomic E-state index is 0.492. The summed E-state index contributed by atoms with van der Waals surface area (Å²) in [7, 11) is 0. The van der Waals surface area contributed by atoms with Crippen LogP contribution in [0.4, 0.5) is 17.2 Å². The van der Waals surface area contributed by atoms with Crippen LogP contribution in [0.3, 0.4) is 0 Å². The van der Waals surface area contributed by atoms with E-state index in [0.29, 0.717) is 17.1 Å². The van der Waals surface area contributed by atoms with Crippen molar-refractivity contribution in [2.75, 3.05) is 4.90 Å². The van der Waals surface area contributed by atoms with Gasteiger partial charge in [-0.05, 0) is 60.7 Å². The first-order valence-electron chi connectivity index (χ1n) is 13.6. The lowest BCUT2D eigenvalue weighted by Crippen LogP contribution is -2.19. The molecule has 0 aliphatic carbocycles. The van der Waals surface area contributed by atoms with E-state index in [1.165, 1.54) is 21.8 Å². The first kappa shape index (κ1) is 22.1. The molecule has 9 rings (SSSR count). The lowest BCUT2D eigenvalue weighted by molar-refractivity contribution is 0.608. The van der Waals surface area contributed by atoms with Gasteiger partial charge >= 0.3 is 0 Å². The fourth-order valence-electron chi connectivity index (χ4n) is 6.00. The zero-order valence-corrected chi connectivity index (χ0v) is 21.8. The van der Waals surface area contributed by atoms with Crippen molar-refractivity contribution < 1.29 is 4.42 Å². The SMILES string of the molecule is c1ccc(-c2nc3ccc(-c4cccc(N5c6ccccc6-n6c7ccccc7c7cccc5c76)n4)nc3o2)cc1. The number of hydrogen-bond donors (Lipinski definition) is 0. The van der Waals surface area contributed by atoms with E-state index >= 15 is 0 Å². The van der Waals surface area contributed by atoms with E-state index in [4.69, 9.17) is 14.4 Å². The van der Waals surface area contributed by atoms with Crippen LogP contribution in [-0.2, 0) is 0 Å². The molecule has 0 bridgehead atoms. The summed E-state index contributed by atoms with van der Waals surface area (Å²) in [5.74, 6) is 1.38. The van der Waals surface area contributed by atoms with Gasteiger partial charge in [0, 0.05) is 16.3 Å². The molecule has 0 amide bonds. The quantitative estimate of drug-likeness (QED) is 0.230. The highest BCUT2D eigenvalue weighted by molar-refractivity contribution is 6.16. The Kier molecular flexibility index (Phi) is 4.51. The van der Waals surface area contributed by atoms with Crippen molar-refractivity contribution in [2.45, 2.75) is 0 Å². The van der Waals surface area contributed by atoms with Crippen LogP contribution in [0.1, 0.15) is 0 Å². The van der Waals surface area contributed by atoms with Gasteiger partial charge in [-0.25, -0.2) is 15.0 Å². The second-order valence-electron chi connectivity index (χ2n) is 10.1. The summed E-state index contributed by atoms with van der Waals surface area (Å²) in [5, 5.41) is 2.46. The van der Waals surface area contributed by atoms with Crippen molar-refractivity contribution in [1.29, 1.82) is 0 Å². The summed E-state index contributed by atoms with van der Waals surface area (Å²) in [6.07, 6.45) is 0. The molecule has 6 nitrogen and oxygen atoms in total. The van der Waals surface area contributed by atoms with Gasteiger partial charge in [-0.1, -0.05) is 66.7 Å². The fraction of sp³-hybridized carbons (Fsp3) is 0. The molecule has 1 aliphatic rings. The average molecular weight is 528 g/mol. The van der Waals surface area contributed by atoms with Crippen molar-refractivity contribution in [1.82, 2.24) is 19.5 Å². The molecule has 41 heavy (non-hydrogen) atoms. The zero-order valence-electron chi connectivity index (χ0n) is 21.8. The molecule has 6 heteroatoms. The van der Waals surface area contributed by atoms with Crippen LogP contribution in [0, 0.1) is 0 Å². The van der Waals surface area contributed by atoms with Crippen LogP contribution in [0.25, 0.3) is 61.6 Å². The van der Waals surface area contributed by atoms with Crippen LogP contribution < -0.4 is 4.90 Å². The van der Waals surface area contributed by atoms with Crippen LogP contribution in [0.15, 0.2) is 132 Å². The Balaban J connectivity index is 1.21. The molecule has 0 saturated carbocycles. The summed E-state index contributed by atoms with van der Waals surface area (Å²) in [4.78, 5) is 16.8. The number of fused-ring (bicyclic) bond motifs is 6. The normalized spacial score (nSPS) is 12.3. The summed E-state index contributed by atoms with van der Waals surface area (Å²) < 4.78 is 8.43. The number of nitrogens with zero attached hydrogens (tertiary/aromatic N) is 5. The Labute approximate surface area is 234 Å². The van der Waals surface area contributed by atoms with Gasteiger partial charge in [0.15, 0.2) is 0 Å². The molecule has 192 valence electrons. The average Bonchev–Trinajstić information content (AvgIpc) is 3.62. The molecule has 4 aromatic heterocycles. The summed E-state index contributed by atoms with van der Waals surface area (Å²) >= 11 is 0. The molecule has 4 aromatic carbocycles. The van der Waals surface area contributed by atoms with Gasteiger partial charge in [0.25, 0.3) is 0 Å². The first-order valence-corrected chi connectivity index (χ1v) is 13.6. The van der Waals surface area contributed by atoms with Crippen molar-refractivity contribution in [3.05, 3.63) is 127 Å². The monoisotopic (exact) mass is 527 g/mol. The van der Waals surface area contributed by atoms with Crippen LogP contribution in [-0.4, -0.2) is 19.5 Å². The van der Waals surface area contributed by atoms with Crippen LogP contribution in [0.5, 0.6) is 0 Å². The molecule has 1 aliphatic heterocycles. The number of oxazole rings is 1. The van der Waals surface area contributed by atoms with E-state index in [1.807, 2.05) is 54.6 Å². The van der Waals surface area contributed by atoms with E-state index < -0.39 is 0 Å². The topological polar surface area (TPSA) is 60.0 Å². The third-order valence-corrected chi connectivity index (χ3v) is 7.78. The van der Waals surface area contributed by atoms with Gasteiger partial charge in [0.2, 0.25) is 11.6 Å². The second-order valence-corrected chi connectivity index (χ2v) is 10.1. The molecule has 0 spiro atoms. The van der Waals surface area contributed by atoms with E-state index in [9.17, 15) is 0 Å². The van der Waals surface area contributed by atoms with Crippen molar-refractivity contribution in [3.8, 4) is 28.5 Å². The Morgan fingerprint density at radius 2 is 1.24 bits per heavy atom. The smallest absolute Gasteiger partial charge is 0.248 e. The minimum Gasteiger partial charge on any atom is -0.418 e. The minimum atomic E-state index is 0.492. The summed E-state index contributed by atoms with van der Waals surface area (Å²) in [6.45, 7) is 0. The van der Waals surface area contributed by atoms with Crippen LogP contribution >= 0.6 is 0 Å². The highest BCUT2D eigenvalue weighted by atomic mass is 16.4. The third-order valence-electron chi connectivity index (χ3n) is 7.78. The number of rotatable bonds is 3. The Morgan fingerprint density at radius 3 is 2.17 bits per heavy atom. The Bertz CT molecular complexity index is 2280. The van der Waals surface area contributed by atoms with E-state index in [2.05, 4.69) is 87.2 Å². The lowest BCUT2D eigenvalue weighted by Gasteiger charge is -2.32. The molecule has 5 heterocycles. The standard InChI is InChI=1S/C35H21N5O/c1-2-10-22(11-3-1)34-38-27-21-20-26(37-35(27)41-34)25-14-9-19-32(36-25)39-29-16-6-7-17-30(29)40-28-15-5-4-12-23(28)24-13-8-18-31(39)33(24)40/h1-21H. The second kappa shape index (κ2) is 8.37. The van der Waals surface area contributed by atoms with Gasteiger partial charge in [0.05, 0.1) is 39.5 Å². The third kappa shape index (κ3) is 3.22. The van der Waals surface area contributed by atoms with Gasteiger partial charge in [-0.2, -0.15) is 0 Å². The van der Waals surface area contributed by atoms with E-state index in [1.54, 1.807) is 0 Å². The number of aromatic nitrogens is 4. The van der Waals surface area contributed by atoms with Gasteiger partial charge in [-0.3, -0.25) is 4.90 Å². The Hall–Kier alpha value is -5.75. The first-order chi connectivity index (χ1) is 20.3. The maximum atomic E-state index is 6.05. The largest absolute Gasteiger partial charge is 0.418 e. The van der Waals surface area contributed by atoms with Crippen molar-refractivity contribution in [3.63, 3.8) is 0 Å². The highest BCUT2D eigenvalue weighted by Crippen LogP contribution is 2.49. The molecular formula is C35H21N5O. The van der Waals surface area contributed by atoms with Gasteiger partial charge in [-0.15, -0.1) is 0 Å². The number of benzene rings is 4. The molecule has 0 fully saturated rings. The fourth-order valence-corrected chi connectivity index (χ4v) is 6.00. The number of para-hydroxylation sites is 4.